The number of aromatic nitrogens is 3. The van der Waals surface area contributed by atoms with E-state index >= 15 is 0 Å². The lowest BCUT2D eigenvalue weighted by atomic mass is 10.1. The molecule has 29 heavy (non-hydrogen) atoms. The van der Waals surface area contributed by atoms with Crippen LogP contribution in [0.15, 0.2) is 42.6 Å². The molecule has 2 aromatic heterocycles. The van der Waals surface area contributed by atoms with Crippen LogP contribution in [-0.4, -0.2) is 27.7 Å². The summed E-state index contributed by atoms with van der Waals surface area (Å²) in [4.78, 5) is 4.84. The highest BCUT2D eigenvalue weighted by Crippen LogP contribution is 2.24. The quantitative estimate of drug-likeness (QED) is 0.390. The summed E-state index contributed by atoms with van der Waals surface area (Å²) in [7, 11) is 0. The second-order valence-corrected chi connectivity index (χ2v) is 7.49. The van der Waals surface area contributed by atoms with Gasteiger partial charge in [-0.25, -0.2) is 4.98 Å². The summed E-state index contributed by atoms with van der Waals surface area (Å²) >= 11 is 0. The van der Waals surface area contributed by atoms with Crippen molar-refractivity contribution in [3.8, 4) is 0 Å². The topological polar surface area (TPSA) is 80.3 Å². The maximum absolute atomic E-state index is 5.56. The van der Waals surface area contributed by atoms with E-state index in [1.807, 2.05) is 22.8 Å². The minimum absolute atomic E-state index is 0. The zero-order valence-corrected chi connectivity index (χ0v) is 18.2. The molecule has 0 aliphatic carbocycles. The number of unbranched alkanes of at least 4 members (excludes halogenated alkanes) is 3. The molecule has 6 nitrogen and oxygen atoms in total. The van der Waals surface area contributed by atoms with E-state index in [2.05, 4.69) is 53.8 Å². The molecule has 0 bridgehead atoms. The molecule has 0 fully saturated rings. The lowest BCUT2D eigenvalue weighted by Crippen LogP contribution is -2.10. The molecule has 0 amide bonds. The van der Waals surface area contributed by atoms with Gasteiger partial charge in [-0.15, -0.1) is 12.4 Å². The third-order valence-corrected chi connectivity index (χ3v) is 4.87. The van der Waals surface area contributed by atoms with Gasteiger partial charge in [0.15, 0.2) is 5.65 Å². The molecule has 0 atom stereocenters. The number of anilines is 2. The van der Waals surface area contributed by atoms with E-state index in [0.29, 0.717) is 5.92 Å². The normalized spacial score (nSPS) is 10.9. The Hall–Kier alpha value is -2.31. The molecule has 0 spiro atoms. The van der Waals surface area contributed by atoms with Crippen LogP contribution < -0.4 is 16.4 Å². The van der Waals surface area contributed by atoms with Gasteiger partial charge in [0.25, 0.3) is 0 Å². The number of hydrogen-bond donors (Lipinski definition) is 3. The standard InChI is InChI=1S/C22H32N6.ClH/c1-17(2)19-16-26-28-21(25-15-18-10-6-5-7-11-18)14-20(27-22(19)28)24-13-9-4-3-8-12-23;/h5-7,10-11,14,16-17,25H,3-4,8-9,12-13,15,23H2,1-2H3,(H,24,27);1H. The Morgan fingerprint density at radius 2 is 1.79 bits per heavy atom. The number of fused-ring (bicyclic) bond motifs is 1. The first-order chi connectivity index (χ1) is 13.7. The average Bonchev–Trinajstić information content (AvgIpc) is 3.14. The molecule has 0 saturated heterocycles. The molecule has 158 valence electrons. The lowest BCUT2D eigenvalue weighted by Gasteiger charge is -2.13. The fraction of sp³-hybridized carbons (Fsp3) is 0.455. The van der Waals surface area contributed by atoms with E-state index in [9.17, 15) is 0 Å². The van der Waals surface area contributed by atoms with Crippen molar-refractivity contribution in [2.75, 3.05) is 23.7 Å². The first kappa shape index (κ1) is 23.0. The van der Waals surface area contributed by atoms with Crippen molar-refractivity contribution in [3.63, 3.8) is 0 Å². The van der Waals surface area contributed by atoms with Gasteiger partial charge in [0.05, 0.1) is 6.20 Å². The van der Waals surface area contributed by atoms with Crippen molar-refractivity contribution >= 4 is 29.7 Å². The van der Waals surface area contributed by atoms with E-state index in [1.165, 1.54) is 18.4 Å². The van der Waals surface area contributed by atoms with Crippen molar-refractivity contribution in [1.29, 1.82) is 0 Å². The van der Waals surface area contributed by atoms with E-state index in [1.54, 1.807) is 0 Å². The molecule has 0 unspecified atom stereocenters. The summed E-state index contributed by atoms with van der Waals surface area (Å²) in [5, 5.41) is 11.6. The fourth-order valence-corrected chi connectivity index (χ4v) is 3.23. The Morgan fingerprint density at radius 1 is 1.03 bits per heavy atom. The maximum Gasteiger partial charge on any atom is 0.163 e. The first-order valence-corrected chi connectivity index (χ1v) is 10.3. The molecule has 2 heterocycles. The van der Waals surface area contributed by atoms with Gasteiger partial charge in [0.2, 0.25) is 0 Å². The second kappa shape index (κ2) is 11.6. The summed E-state index contributed by atoms with van der Waals surface area (Å²) in [5.41, 5.74) is 8.87. The lowest BCUT2D eigenvalue weighted by molar-refractivity contribution is 0.661. The Morgan fingerprint density at radius 3 is 2.52 bits per heavy atom. The number of benzene rings is 1. The van der Waals surface area contributed by atoms with Crippen LogP contribution >= 0.6 is 12.4 Å². The number of halogens is 1. The number of nitrogens with zero attached hydrogens (tertiary/aromatic N) is 3. The largest absolute Gasteiger partial charge is 0.370 e. The summed E-state index contributed by atoms with van der Waals surface area (Å²) in [6, 6.07) is 12.4. The van der Waals surface area contributed by atoms with E-state index in [0.717, 1.165) is 55.3 Å². The van der Waals surface area contributed by atoms with E-state index in [-0.39, 0.29) is 12.4 Å². The molecule has 4 N–H and O–H groups in total. The number of hydrogen-bond acceptors (Lipinski definition) is 5. The highest BCUT2D eigenvalue weighted by atomic mass is 35.5. The highest BCUT2D eigenvalue weighted by Gasteiger charge is 2.13. The van der Waals surface area contributed by atoms with Gasteiger partial charge < -0.3 is 16.4 Å². The zero-order valence-electron chi connectivity index (χ0n) is 17.4. The minimum atomic E-state index is 0. The summed E-state index contributed by atoms with van der Waals surface area (Å²) in [5.74, 6) is 2.22. The maximum atomic E-state index is 5.56. The van der Waals surface area contributed by atoms with Crippen LogP contribution in [0.4, 0.5) is 11.6 Å². The van der Waals surface area contributed by atoms with Gasteiger partial charge in [-0.3, -0.25) is 0 Å². The zero-order chi connectivity index (χ0) is 19.8. The van der Waals surface area contributed by atoms with Crippen molar-refractivity contribution in [2.24, 2.45) is 5.73 Å². The molecule has 0 aliphatic rings. The monoisotopic (exact) mass is 416 g/mol. The van der Waals surface area contributed by atoms with Gasteiger partial charge in [0.1, 0.15) is 11.6 Å². The van der Waals surface area contributed by atoms with Crippen molar-refractivity contribution in [1.82, 2.24) is 14.6 Å². The Balaban J connectivity index is 0.00000300. The van der Waals surface area contributed by atoms with Crippen molar-refractivity contribution < 1.29 is 0 Å². The summed E-state index contributed by atoms with van der Waals surface area (Å²) in [6.45, 7) is 6.79. The third kappa shape index (κ3) is 6.34. The molecular weight excluding hydrogens is 384 g/mol. The van der Waals surface area contributed by atoms with Crippen LogP contribution in [0, 0.1) is 0 Å². The van der Waals surface area contributed by atoms with Crippen LogP contribution in [0.25, 0.3) is 5.65 Å². The molecule has 0 saturated carbocycles. The molecule has 0 aliphatic heterocycles. The van der Waals surface area contributed by atoms with Gasteiger partial charge >= 0.3 is 0 Å². The van der Waals surface area contributed by atoms with E-state index < -0.39 is 0 Å². The molecule has 3 aromatic rings. The Kier molecular flexibility index (Phi) is 9.22. The summed E-state index contributed by atoms with van der Waals surface area (Å²) < 4.78 is 1.91. The van der Waals surface area contributed by atoms with Crippen LogP contribution in [0.1, 0.15) is 56.6 Å². The SMILES string of the molecule is CC(C)c1cnn2c(NCc3ccccc3)cc(NCCCCCCN)nc12.Cl. The molecule has 0 radical (unpaired) electrons. The molecule has 3 rings (SSSR count). The summed E-state index contributed by atoms with van der Waals surface area (Å²) in [6.07, 6.45) is 6.53. The van der Waals surface area contributed by atoms with Crippen LogP contribution in [0.2, 0.25) is 0 Å². The fourth-order valence-electron chi connectivity index (χ4n) is 3.23. The van der Waals surface area contributed by atoms with E-state index in [4.69, 9.17) is 10.7 Å². The highest BCUT2D eigenvalue weighted by molar-refractivity contribution is 5.85. The first-order valence-electron chi connectivity index (χ1n) is 10.3. The van der Waals surface area contributed by atoms with Gasteiger partial charge in [-0.1, -0.05) is 57.0 Å². The van der Waals surface area contributed by atoms with Crippen molar-refractivity contribution in [2.45, 2.75) is 52.0 Å². The van der Waals surface area contributed by atoms with Gasteiger partial charge in [-0.2, -0.15) is 9.61 Å². The van der Waals surface area contributed by atoms with Gasteiger partial charge in [-0.05, 0) is 30.9 Å². The smallest absolute Gasteiger partial charge is 0.163 e. The predicted octanol–water partition coefficient (Wildman–Crippen LogP) is 4.82. The third-order valence-electron chi connectivity index (χ3n) is 4.87. The van der Waals surface area contributed by atoms with Gasteiger partial charge in [0, 0.05) is 24.7 Å². The Labute approximate surface area is 179 Å². The minimum Gasteiger partial charge on any atom is -0.370 e. The van der Waals surface area contributed by atoms with Crippen molar-refractivity contribution in [3.05, 3.63) is 53.7 Å². The second-order valence-electron chi connectivity index (χ2n) is 7.49. The Bertz CT molecular complexity index is 862. The molecule has 7 heteroatoms. The molecule has 1 aromatic carbocycles. The average molecular weight is 417 g/mol. The van der Waals surface area contributed by atoms with Crippen LogP contribution in [-0.2, 0) is 6.54 Å². The van der Waals surface area contributed by atoms with Crippen LogP contribution in [0.3, 0.4) is 0 Å². The molecular formula is C22H33ClN6. The predicted molar refractivity (Wildman–Crippen MR) is 124 cm³/mol. The number of rotatable bonds is 11. The van der Waals surface area contributed by atoms with Crippen LogP contribution in [0.5, 0.6) is 0 Å². The number of nitrogens with one attached hydrogen (secondary N) is 2. The number of nitrogens with two attached hydrogens (primary N) is 1.